The number of nitrogens with zero attached hydrogens (tertiary/aromatic N) is 1. The Morgan fingerprint density at radius 2 is 1.81 bits per heavy atom. The number of esters is 1. The first-order chi connectivity index (χ1) is 10.2. The Bertz CT molecular complexity index is 682. The lowest BCUT2D eigenvalue weighted by Gasteiger charge is -2.02. The topological polar surface area (TPSA) is 50.1 Å². The first kappa shape index (κ1) is 14.8. The average molecular weight is 298 g/mol. The molecule has 21 heavy (non-hydrogen) atoms. The van der Waals surface area contributed by atoms with E-state index in [1.807, 2.05) is 6.07 Å². The van der Waals surface area contributed by atoms with Gasteiger partial charge in [0.05, 0.1) is 11.6 Å². The monoisotopic (exact) mass is 297 g/mol. The molecule has 0 saturated heterocycles. The van der Waals surface area contributed by atoms with Crippen LogP contribution in [0.25, 0.3) is 6.08 Å². The molecule has 0 heterocycles. The van der Waals surface area contributed by atoms with Crippen molar-refractivity contribution in [1.29, 1.82) is 5.26 Å². The maximum Gasteiger partial charge on any atom is 0.331 e. The molecule has 0 amide bonds. The van der Waals surface area contributed by atoms with Gasteiger partial charge in [-0.2, -0.15) is 5.26 Å². The summed E-state index contributed by atoms with van der Waals surface area (Å²) < 4.78 is 5.11. The maximum absolute atomic E-state index is 11.6. The van der Waals surface area contributed by atoms with Gasteiger partial charge in [-0.3, -0.25) is 0 Å². The van der Waals surface area contributed by atoms with Gasteiger partial charge in [-0.25, -0.2) is 4.79 Å². The number of halogens is 1. The summed E-state index contributed by atoms with van der Waals surface area (Å²) in [6, 6.07) is 16.1. The minimum atomic E-state index is -0.422. The number of hydrogen-bond acceptors (Lipinski definition) is 3. The molecule has 0 saturated carbocycles. The molecule has 3 nitrogen and oxygen atoms in total. The van der Waals surface area contributed by atoms with Crippen molar-refractivity contribution >= 4 is 23.6 Å². The lowest BCUT2D eigenvalue weighted by atomic mass is 10.1. The van der Waals surface area contributed by atoms with Crippen molar-refractivity contribution < 1.29 is 9.53 Å². The lowest BCUT2D eigenvalue weighted by Crippen LogP contribution is -2.00. The Morgan fingerprint density at radius 1 is 1.14 bits per heavy atom. The van der Waals surface area contributed by atoms with Crippen LogP contribution in [0.15, 0.2) is 54.6 Å². The first-order valence-corrected chi connectivity index (χ1v) is 6.64. The highest BCUT2D eigenvalue weighted by molar-refractivity contribution is 6.30. The molecular weight excluding hydrogens is 286 g/mol. The summed E-state index contributed by atoms with van der Waals surface area (Å²) >= 11 is 5.77. The number of rotatable bonds is 4. The van der Waals surface area contributed by atoms with Gasteiger partial charge >= 0.3 is 5.97 Å². The highest BCUT2D eigenvalue weighted by Gasteiger charge is 1.99. The van der Waals surface area contributed by atoms with Crippen LogP contribution in [-0.4, -0.2) is 5.97 Å². The van der Waals surface area contributed by atoms with Gasteiger partial charge in [0, 0.05) is 11.1 Å². The molecule has 0 aliphatic rings. The Morgan fingerprint density at radius 3 is 2.43 bits per heavy atom. The smallest absolute Gasteiger partial charge is 0.331 e. The fraction of sp³-hybridized carbons (Fsp3) is 0.0588. The highest BCUT2D eigenvalue weighted by atomic mass is 35.5. The molecule has 0 aliphatic carbocycles. The second-order valence-corrected chi connectivity index (χ2v) is 4.74. The molecular formula is C17H12ClNO2. The van der Waals surface area contributed by atoms with Crippen LogP contribution in [0.1, 0.15) is 16.7 Å². The number of hydrogen-bond donors (Lipinski definition) is 0. The van der Waals surface area contributed by atoms with E-state index in [-0.39, 0.29) is 6.61 Å². The van der Waals surface area contributed by atoms with Crippen LogP contribution < -0.4 is 0 Å². The third-order valence-electron chi connectivity index (χ3n) is 2.75. The molecule has 0 N–H and O–H groups in total. The molecule has 2 aromatic rings. The maximum atomic E-state index is 11.6. The van der Waals surface area contributed by atoms with Crippen LogP contribution in [0, 0.1) is 11.3 Å². The predicted molar refractivity (Wildman–Crippen MR) is 81.4 cm³/mol. The van der Waals surface area contributed by atoms with Gasteiger partial charge in [-0.1, -0.05) is 35.9 Å². The van der Waals surface area contributed by atoms with Gasteiger partial charge in [-0.15, -0.1) is 0 Å². The SMILES string of the molecule is N#Cc1ccc(/C=C/C(=O)OCc2ccc(Cl)cc2)cc1. The van der Waals surface area contributed by atoms with Crippen molar-refractivity contribution in [2.24, 2.45) is 0 Å². The molecule has 0 aliphatic heterocycles. The number of carbonyl (C=O) groups excluding carboxylic acids is 1. The highest BCUT2D eigenvalue weighted by Crippen LogP contribution is 2.10. The zero-order chi connectivity index (χ0) is 15.1. The van der Waals surface area contributed by atoms with Crippen LogP contribution in [0.2, 0.25) is 5.02 Å². The van der Waals surface area contributed by atoms with E-state index in [0.717, 1.165) is 11.1 Å². The standard InChI is InChI=1S/C17H12ClNO2/c18-16-8-5-15(6-9-16)12-21-17(20)10-7-13-1-3-14(11-19)4-2-13/h1-10H,12H2/b10-7+. The van der Waals surface area contributed by atoms with E-state index in [1.165, 1.54) is 6.08 Å². The zero-order valence-corrected chi connectivity index (χ0v) is 11.9. The van der Waals surface area contributed by atoms with Crippen molar-refractivity contribution in [3.05, 3.63) is 76.3 Å². The van der Waals surface area contributed by atoms with E-state index in [1.54, 1.807) is 54.6 Å². The summed E-state index contributed by atoms with van der Waals surface area (Å²) in [5.41, 5.74) is 2.29. The van der Waals surface area contributed by atoms with E-state index >= 15 is 0 Å². The van der Waals surface area contributed by atoms with Crippen molar-refractivity contribution in [1.82, 2.24) is 0 Å². The van der Waals surface area contributed by atoms with Crippen molar-refractivity contribution in [3.8, 4) is 6.07 Å². The van der Waals surface area contributed by atoms with Crippen LogP contribution in [0.5, 0.6) is 0 Å². The molecule has 2 rings (SSSR count). The fourth-order valence-electron chi connectivity index (χ4n) is 1.62. The van der Waals surface area contributed by atoms with E-state index in [0.29, 0.717) is 10.6 Å². The molecule has 0 fully saturated rings. The van der Waals surface area contributed by atoms with E-state index < -0.39 is 5.97 Å². The normalized spacial score (nSPS) is 10.3. The second-order valence-electron chi connectivity index (χ2n) is 4.30. The van der Waals surface area contributed by atoms with Crippen molar-refractivity contribution in [2.75, 3.05) is 0 Å². The van der Waals surface area contributed by atoms with E-state index in [4.69, 9.17) is 21.6 Å². The first-order valence-electron chi connectivity index (χ1n) is 6.27. The molecule has 0 radical (unpaired) electrons. The van der Waals surface area contributed by atoms with Crippen molar-refractivity contribution in [3.63, 3.8) is 0 Å². The lowest BCUT2D eigenvalue weighted by molar-refractivity contribution is -0.138. The summed E-state index contributed by atoms with van der Waals surface area (Å²) in [6.07, 6.45) is 3.00. The van der Waals surface area contributed by atoms with Gasteiger partial charge in [0.2, 0.25) is 0 Å². The molecule has 0 bridgehead atoms. The van der Waals surface area contributed by atoms with E-state index in [9.17, 15) is 4.79 Å². The molecule has 104 valence electrons. The zero-order valence-electron chi connectivity index (χ0n) is 11.1. The number of carbonyl (C=O) groups is 1. The third-order valence-corrected chi connectivity index (χ3v) is 3.00. The Labute approximate surface area is 128 Å². The van der Waals surface area contributed by atoms with Crippen LogP contribution in [-0.2, 0) is 16.1 Å². The van der Waals surface area contributed by atoms with Crippen LogP contribution >= 0.6 is 11.6 Å². The summed E-state index contributed by atoms with van der Waals surface area (Å²) in [7, 11) is 0. The second kappa shape index (κ2) is 7.28. The largest absolute Gasteiger partial charge is 0.458 e. The molecule has 0 unspecified atom stereocenters. The summed E-state index contributed by atoms with van der Waals surface area (Å²) in [5.74, 6) is -0.422. The van der Waals surface area contributed by atoms with Gasteiger partial charge < -0.3 is 4.74 Å². The molecule has 2 aromatic carbocycles. The number of ether oxygens (including phenoxy) is 1. The molecule has 0 aromatic heterocycles. The van der Waals surface area contributed by atoms with E-state index in [2.05, 4.69) is 0 Å². The summed E-state index contributed by atoms with van der Waals surface area (Å²) in [5, 5.41) is 9.34. The minimum Gasteiger partial charge on any atom is -0.458 e. The predicted octanol–water partition coefficient (Wildman–Crippen LogP) is 3.97. The minimum absolute atomic E-state index is 0.202. The van der Waals surface area contributed by atoms with Gasteiger partial charge in [0.25, 0.3) is 0 Å². The van der Waals surface area contributed by atoms with Crippen molar-refractivity contribution in [2.45, 2.75) is 6.61 Å². The van der Waals surface area contributed by atoms with Gasteiger partial charge in [-0.05, 0) is 41.5 Å². The Hall–Kier alpha value is -2.57. The average Bonchev–Trinajstić information content (AvgIpc) is 2.53. The molecule has 0 atom stereocenters. The molecule has 0 spiro atoms. The quantitative estimate of drug-likeness (QED) is 0.634. The third kappa shape index (κ3) is 4.79. The number of benzene rings is 2. The molecule has 4 heteroatoms. The summed E-state index contributed by atoms with van der Waals surface area (Å²) in [6.45, 7) is 0.202. The fourth-order valence-corrected chi connectivity index (χ4v) is 1.74. The van der Waals surface area contributed by atoms with Crippen LogP contribution in [0.4, 0.5) is 0 Å². The van der Waals surface area contributed by atoms with Gasteiger partial charge in [0.15, 0.2) is 0 Å². The van der Waals surface area contributed by atoms with Gasteiger partial charge in [0.1, 0.15) is 6.61 Å². The summed E-state index contributed by atoms with van der Waals surface area (Å²) in [4.78, 5) is 11.6. The van der Waals surface area contributed by atoms with Crippen LogP contribution in [0.3, 0.4) is 0 Å². The Kier molecular flexibility index (Phi) is 5.14. The Balaban J connectivity index is 1.87. The number of nitriles is 1.